The van der Waals surface area contributed by atoms with Crippen LogP contribution in [0.25, 0.3) is 10.9 Å². The Morgan fingerprint density at radius 3 is 2.52 bits per heavy atom. The maximum Gasteiger partial charge on any atom is 0.338 e. The Morgan fingerprint density at radius 1 is 1.14 bits per heavy atom. The highest BCUT2D eigenvalue weighted by Crippen LogP contribution is 2.26. The fraction of sp³-hybridized carbons (Fsp3) is 0.273. The lowest BCUT2D eigenvalue weighted by atomic mass is 10.1. The summed E-state index contributed by atoms with van der Waals surface area (Å²) in [4.78, 5) is 26.8. The zero-order valence-electron chi connectivity index (χ0n) is 16.7. The summed E-state index contributed by atoms with van der Waals surface area (Å²) < 4.78 is 7.59. The number of rotatable bonds is 6. The van der Waals surface area contributed by atoms with Gasteiger partial charge in [0.1, 0.15) is 0 Å². The molecule has 3 rings (SSSR count). The van der Waals surface area contributed by atoms with Crippen molar-refractivity contribution in [3.05, 3.63) is 64.3 Å². The number of likely N-dealkylation sites (N-methyl/N-ethyl adjacent to an activating group) is 1. The van der Waals surface area contributed by atoms with Crippen molar-refractivity contribution in [3.63, 3.8) is 0 Å². The first-order valence-corrected chi connectivity index (χ1v) is 10.2. The van der Waals surface area contributed by atoms with E-state index < -0.39 is 0 Å². The van der Waals surface area contributed by atoms with E-state index in [4.69, 9.17) is 4.74 Å². The van der Waals surface area contributed by atoms with Gasteiger partial charge in [-0.2, -0.15) is 0 Å². The second-order valence-corrected chi connectivity index (χ2v) is 7.88. The van der Waals surface area contributed by atoms with Crippen molar-refractivity contribution < 1.29 is 14.3 Å². The average molecular weight is 458 g/mol. The SMILES string of the molecule is CCOC(=O)c1ccc(NC(=O)n2cc(CCN(C)C)c3cc(Br)ccc32)cc1. The summed E-state index contributed by atoms with van der Waals surface area (Å²) in [6.45, 7) is 2.98. The van der Waals surface area contributed by atoms with Gasteiger partial charge < -0.3 is 15.0 Å². The van der Waals surface area contributed by atoms with Crippen LogP contribution in [0.5, 0.6) is 0 Å². The first-order chi connectivity index (χ1) is 13.9. The van der Waals surface area contributed by atoms with Crippen molar-refractivity contribution in [1.82, 2.24) is 9.47 Å². The molecule has 1 aromatic heterocycles. The van der Waals surface area contributed by atoms with Gasteiger partial charge in [0.2, 0.25) is 0 Å². The molecule has 0 radical (unpaired) electrons. The lowest BCUT2D eigenvalue weighted by molar-refractivity contribution is 0.0526. The molecule has 0 atom stereocenters. The predicted molar refractivity (Wildman–Crippen MR) is 119 cm³/mol. The van der Waals surface area contributed by atoms with Gasteiger partial charge in [-0.15, -0.1) is 0 Å². The summed E-state index contributed by atoms with van der Waals surface area (Å²) in [5.41, 5.74) is 3.02. The Kier molecular flexibility index (Phi) is 6.71. The molecule has 1 heterocycles. The van der Waals surface area contributed by atoms with Gasteiger partial charge in [-0.25, -0.2) is 9.59 Å². The van der Waals surface area contributed by atoms with Gasteiger partial charge in [-0.05, 0) is 75.5 Å². The molecule has 29 heavy (non-hydrogen) atoms. The van der Waals surface area contributed by atoms with E-state index in [1.54, 1.807) is 35.8 Å². The number of carbonyl (C=O) groups is 2. The largest absolute Gasteiger partial charge is 0.462 e. The van der Waals surface area contributed by atoms with Crippen LogP contribution in [-0.4, -0.2) is 48.7 Å². The highest BCUT2D eigenvalue weighted by atomic mass is 79.9. The summed E-state index contributed by atoms with van der Waals surface area (Å²) >= 11 is 3.52. The Morgan fingerprint density at radius 2 is 1.86 bits per heavy atom. The van der Waals surface area contributed by atoms with Crippen LogP contribution >= 0.6 is 15.9 Å². The number of anilines is 1. The van der Waals surface area contributed by atoms with E-state index in [2.05, 4.69) is 26.1 Å². The average Bonchev–Trinajstić information content (AvgIpc) is 3.05. The van der Waals surface area contributed by atoms with Crippen molar-refractivity contribution in [2.75, 3.05) is 32.6 Å². The van der Waals surface area contributed by atoms with E-state index >= 15 is 0 Å². The fourth-order valence-electron chi connectivity index (χ4n) is 3.07. The number of amides is 1. The maximum absolute atomic E-state index is 12.9. The van der Waals surface area contributed by atoms with E-state index in [9.17, 15) is 9.59 Å². The molecule has 0 saturated carbocycles. The third-order valence-electron chi connectivity index (χ3n) is 4.54. The van der Waals surface area contributed by atoms with Crippen LogP contribution in [0.2, 0.25) is 0 Å². The summed E-state index contributed by atoms with van der Waals surface area (Å²) in [5.74, 6) is -0.377. The fourth-order valence-corrected chi connectivity index (χ4v) is 3.43. The molecule has 0 fully saturated rings. The Labute approximate surface area is 178 Å². The van der Waals surface area contributed by atoms with Gasteiger partial charge in [0.25, 0.3) is 0 Å². The number of benzene rings is 2. The van der Waals surface area contributed by atoms with Gasteiger partial charge >= 0.3 is 12.0 Å². The molecule has 0 aliphatic heterocycles. The van der Waals surface area contributed by atoms with E-state index in [0.717, 1.165) is 33.9 Å². The first kappa shape index (κ1) is 21.1. The third-order valence-corrected chi connectivity index (χ3v) is 5.04. The zero-order valence-corrected chi connectivity index (χ0v) is 18.3. The summed E-state index contributed by atoms with van der Waals surface area (Å²) in [7, 11) is 4.06. The number of aromatic nitrogens is 1. The number of halogens is 1. The molecule has 1 amide bonds. The van der Waals surface area contributed by atoms with Crippen LogP contribution in [0, 0.1) is 0 Å². The quantitative estimate of drug-likeness (QED) is 0.541. The first-order valence-electron chi connectivity index (χ1n) is 9.41. The van der Waals surface area contributed by atoms with Gasteiger partial charge in [0.05, 0.1) is 17.7 Å². The Bertz CT molecular complexity index is 1030. The zero-order chi connectivity index (χ0) is 21.0. The van der Waals surface area contributed by atoms with Crippen LogP contribution in [0.4, 0.5) is 10.5 Å². The summed E-state index contributed by atoms with van der Waals surface area (Å²) in [6.07, 6.45) is 2.73. The minimum Gasteiger partial charge on any atom is -0.462 e. The van der Waals surface area contributed by atoms with Crippen molar-refractivity contribution in [2.24, 2.45) is 0 Å². The topological polar surface area (TPSA) is 63.6 Å². The molecule has 6 nitrogen and oxygen atoms in total. The van der Waals surface area contributed by atoms with Gasteiger partial charge in [-0.1, -0.05) is 15.9 Å². The Hall–Kier alpha value is -2.64. The van der Waals surface area contributed by atoms with Crippen LogP contribution in [-0.2, 0) is 11.2 Å². The van der Waals surface area contributed by atoms with E-state index in [1.807, 2.05) is 38.5 Å². The minimum absolute atomic E-state index is 0.252. The normalized spacial score (nSPS) is 11.1. The lowest BCUT2D eigenvalue weighted by Gasteiger charge is -2.08. The number of ether oxygens (including phenoxy) is 1. The van der Waals surface area contributed by atoms with Gasteiger partial charge in [-0.3, -0.25) is 4.57 Å². The molecule has 0 aliphatic carbocycles. The molecule has 3 aromatic rings. The molecular formula is C22H24BrN3O3. The van der Waals surface area contributed by atoms with Crippen LogP contribution in [0.15, 0.2) is 53.1 Å². The van der Waals surface area contributed by atoms with Crippen molar-refractivity contribution in [2.45, 2.75) is 13.3 Å². The van der Waals surface area contributed by atoms with Crippen LogP contribution < -0.4 is 5.32 Å². The van der Waals surface area contributed by atoms with Crippen molar-refractivity contribution in [1.29, 1.82) is 0 Å². The minimum atomic E-state index is -0.377. The van der Waals surface area contributed by atoms with E-state index in [-0.39, 0.29) is 12.0 Å². The Balaban J connectivity index is 1.84. The van der Waals surface area contributed by atoms with Crippen LogP contribution in [0.1, 0.15) is 22.8 Å². The summed E-state index contributed by atoms with van der Waals surface area (Å²) in [6, 6.07) is 12.3. The highest BCUT2D eigenvalue weighted by molar-refractivity contribution is 9.10. The summed E-state index contributed by atoms with van der Waals surface area (Å²) in [5, 5.41) is 3.94. The van der Waals surface area contributed by atoms with Crippen LogP contribution in [0.3, 0.4) is 0 Å². The number of nitrogens with zero attached hydrogens (tertiary/aromatic N) is 2. The molecule has 0 bridgehead atoms. The van der Waals surface area contributed by atoms with Gasteiger partial charge in [0, 0.05) is 28.3 Å². The maximum atomic E-state index is 12.9. The molecular weight excluding hydrogens is 434 g/mol. The van der Waals surface area contributed by atoms with E-state index in [0.29, 0.717) is 17.9 Å². The molecule has 152 valence electrons. The number of esters is 1. The monoisotopic (exact) mass is 457 g/mol. The van der Waals surface area contributed by atoms with E-state index in [1.165, 1.54) is 0 Å². The lowest BCUT2D eigenvalue weighted by Crippen LogP contribution is -2.18. The highest BCUT2D eigenvalue weighted by Gasteiger charge is 2.15. The van der Waals surface area contributed by atoms with Crippen molar-refractivity contribution in [3.8, 4) is 0 Å². The van der Waals surface area contributed by atoms with Crippen molar-refractivity contribution >= 4 is 44.5 Å². The number of carbonyl (C=O) groups excluding carboxylic acids is 2. The molecule has 0 aliphatic rings. The standard InChI is InChI=1S/C22H24BrN3O3/c1-4-29-21(27)15-5-8-18(9-6-15)24-22(28)26-14-16(11-12-25(2)3)19-13-17(23)7-10-20(19)26/h5-10,13-14H,4,11-12H2,1-3H3,(H,24,28). The number of hydrogen-bond donors (Lipinski definition) is 1. The molecule has 7 heteroatoms. The molecule has 0 spiro atoms. The smallest absolute Gasteiger partial charge is 0.338 e. The number of hydrogen-bond acceptors (Lipinski definition) is 4. The second kappa shape index (κ2) is 9.24. The molecule has 1 N–H and O–H groups in total. The molecule has 0 saturated heterocycles. The molecule has 0 unspecified atom stereocenters. The third kappa shape index (κ3) is 5.05. The molecule has 2 aromatic carbocycles. The predicted octanol–water partition coefficient (Wildman–Crippen LogP) is 4.76. The number of nitrogens with one attached hydrogen (secondary N) is 1. The number of fused-ring (bicyclic) bond motifs is 1. The van der Waals surface area contributed by atoms with Gasteiger partial charge in [0.15, 0.2) is 0 Å². The second-order valence-electron chi connectivity index (χ2n) is 6.97.